The minimum atomic E-state index is -6.68. The van der Waals surface area contributed by atoms with Crippen LogP contribution in [0, 0.1) is 40.7 Å². The minimum absolute atomic E-state index is 0.612. The van der Waals surface area contributed by atoms with Crippen molar-refractivity contribution in [2.75, 3.05) is 0 Å². The Labute approximate surface area is 185 Å². The van der Waals surface area contributed by atoms with Crippen LogP contribution in [0.2, 0.25) is 0 Å². The van der Waals surface area contributed by atoms with Crippen LogP contribution in [0.4, 0.5) is 65.9 Å². The number of benzene rings is 2. The van der Waals surface area contributed by atoms with E-state index in [9.17, 15) is 52.7 Å². The highest BCUT2D eigenvalue weighted by molar-refractivity contribution is 5.49. The molecule has 0 spiro atoms. The van der Waals surface area contributed by atoms with Gasteiger partial charge in [0.05, 0.1) is 5.56 Å². The van der Waals surface area contributed by atoms with Gasteiger partial charge in [0.2, 0.25) is 0 Å². The molecule has 35 heavy (non-hydrogen) atoms. The number of halogens is 15. The number of hydrogen-bond donors (Lipinski definition) is 0. The van der Waals surface area contributed by atoms with Gasteiger partial charge in [-0.25, -0.2) is 30.7 Å². The summed E-state index contributed by atoms with van der Waals surface area (Å²) in [6, 6.07) is 0. The molecule has 0 fully saturated rings. The topological polar surface area (TPSA) is 0 Å². The average Bonchev–Trinajstić information content (AvgIpc) is 2.66. The zero-order valence-corrected chi connectivity index (χ0v) is 17.2. The number of hydrogen-bond acceptors (Lipinski definition) is 0. The van der Waals surface area contributed by atoms with Crippen LogP contribution in [0.1, 0.15) is 48.6 Å². The summed E-state index contributed by atoms with van der Waals surface area (Å²) in [5, 5.41) is 0. The Morgan fingerprint density at radius 3 is 0.829 bits per heavy atom. The van der Waals surface area contributed by atoms with E-state index in [1.165, 1.54) is 0 Å². The van der Waals surface area contributed by atoms with Crippen LogP contribution in [0.3, 0.4) is 0 Å². The first-order valence-corrected chi connectivity index (χ1v) is 9.08. The molecule has 4 aliphatic rings. The normalized spacial score (nSPS) is 20.1. The van der Waals surface area contributed by atoms with Crippen molar-refractivity contribution in [1.29, 1.82) is 0 Å². The van der Waals surface area contributed by atoms with Gasteiger partial charge in [0.25, 0.3) is 0 Å². The smallest absolute Gasteiger partial charge is 0.206 e. The third kappa shape index (κ3) is 3.11. The van der Waals surface area contributed by atoms with Crippen LogP contribution >= 0.6 is 0 Å². The van der Waals surface area contributed by atoms with Crippen molar-refractivity contribution in [2.24, 2.45) is 0 Å². The van der Waals surface area contributed by atoms with Gasteiger partial charge in [-0.2, -0.15) is 35.1 Å². The monoisotopic (exact) mass is 534 g/mol. The van der Waals surface area contributed by atoms with E-state index in [1.807, 2.05) is 0 Å². The van der Waals surface area contributed by atoms with Crippen molar-refractivity contribution in [3.63, 3.8) is 0 Å². The molecule has 0 heterocycles. The van der Waals surface area contributed by atoms with Crippen LogP contribution < -0.4 is 0 Å². The first kappa shape index (κ1) is 27.0. The Hall–Kier alpha value is -2.61. The average molecular weight is 534 g/mol. The van der Waals surface area contributed by atoms with Gasteiger partial charge in [-0.15, -0.1) is 0 Å². The van der Waals surface area contributed by atoms with Gasteiger partial charge in [-0.3, -0.25) is 0 Å². The van der Waals surface area contributed by atoms with Crippen LogP contribution in [0.5, 0.6) is 0 Å². The van der Waals surface area contributed by atoms with Crippen molar-refractivity contribution < 1.29 is 65.9 Å². The predicted octanol–water partition coefficient (Wildman–Crippen LogP) is 8.04. The van der Waals surface area contributed by atoms with E-state index in [2.05, 4.69) is 0 Å². The predicted molar refractivity (Wildman–Crippen MR) is 86.9 cm³/mol. The van der Waals surface area contributed by atoms with E-state index in [0.29, 0.717) is 20.8 Å². The summed E-state index contributed by atoms with van der Waals surface area (Å²) in [6.45, 7) is 1.84. The highest BCUT2D eigenvalue weighted by Gasteiger charge is 2.70. The third-order valence-electron chi connectivity index (χ3n) is 5.38. The maximum Gasteiger partial charge on any atom is 0.345 e. The molecular weight excluding hydrogens is 525 g/mol. The van der Waals surface area contributed by atoms with Crippen molar-refractivity contribution >= 4 is 0 Å². The molecule has 4 bridgehead atoms. The molecule has 0 nitrogen and oxygen atoms in total. The van der Waals surface area contributed by atoms with Crippen molar-refractivity contribution in [3.05, 3.63) is 68.5 Å². The zero-order valence-electron chi connectivity index (χ0n) is 17.2. The third-order valence-corrected chi connectivity index (χ3v) is 5.38. The number of alkyl halides is 8. The van der Waals surface area contributed by atoms with E-state index >= 15 is 13.2 Å². The Morgan fingerprint density at radius 2 is 0.571 bits per heavy atom. The van der Waals surface area contributed by atoms with Gasteiger partial charge in [-0.05, 0) is 5.41 Å². The maximum atomic E-state index is 15.1. The summed E-state index contributed by atoms with van der Waals surface area (Å²) in [6.07, 6.45) is 0. The molecule has 4 aliphatic carbocycles. The van der Waals surface area contributed by atoms with Gasteiger partial charge in [0, 0.05) is 5.56 Å². The quantitative estimate of drug-likeness (QED) is 0.237. The number of rotatable bonds is 0. The summed E-state index contributed by atoms with van der Waals surface area (Å²) in [5.41, 5.74) is -18.4. The Kier molecular flexibility index (Phi) is 5.56. The molecule has 0 amide bonds. The van der Waals surface area contributed by atoms with Crippen molar-refractivity contribution in [2.45, 2.75) is 49.9 Å². The van der Waals surface area contributed by atoms with Crippen molar-refractivity contribution in [3.8, 4) is 0 Å². The lowest BCUT2D eigenvalue weighted by Crippen LogP contribution is -2.45. The molecule has 0 aliphatic heterocycles. The molecule has 0 N–H and O–H groups in total. The molecular formula is C20H9F15. The van der Waals surface area contributed by atoms with Crippen molar-refractivity contribution in [1.82, 2.24) is 0 Å². The van der Waals surface area contributed by atoms with E-state index in [0.717, 1.165) is 0 Å². The molecule has 0 radical (unpaired) electrons. The van der Waals surface area contributed by atoms with E-state index in [4.69, 9.17) is 0 Å². The first-order chi connectivity index (χ1) is 15.5. The molecule has 15 heteroatoms. The highest BCUT2D eigenvalue weighted by atomic mass is 19.3. The van der Waals surface area contributed by atoms with Gasteiger partial charge >= 0.3 is 23.7 Å². The van der Waals surface area contributed by atoms with Gasteiger partial charge < -0.3 is 0 Å². The molecule has 0 unspecified atom stereocenters. The fourth-order valence-corrected chi connectivity index (χ4v) is 3.75. The molecule has 0 saturated carbocycles. The van der Waals surface area contributed by atoms with E-state index in [1.54, 1.807) is 0 Å². The van der Waals surface area contributed by atoms with Gasteiger partial charge in [-0.1, -0.05) is 20.8 Å². The molecule has 0 atom stereocenters. The molecule has 2 aromatic rings. The maximum absolute atomic E-state index is 15.1. The van der Waals surface area contributed by atoms with Crippen LogP contribution in [-0.4, -0.2) is 0 Å². The standard InChI is InChI=1S/C20H9F15/c1-16(2,3)4-5-10(22)11(23)6(9(4)21)18(30,31)20(34,35)8-14(26)12(24)7(13(25)15(8)27)19(32,33)17(5,28)29/h1-3H3. The van der Waals surface area contributed by atoms with Gasteiger partial charge in [0.15, 0.2) is 34.9 Å². The lowest BCUT2D eigenvalue weighted by molar-refractivity contribution is -0.236. The second kappa shape index (κ2) is 7.21. The van der Waals surface area contributed by atoms with E-state index < -0.39 is 97.6 Å². The summed E-state index contributed by atoms with van der Waals surface area (Å²) in [7, 11) is 0. The van der Waals surface area contributed by atoms with Crippen LogP contribution in [-0.2, 0) is 29.1 Å². The fourth-order valence-electron chi connectivity index (χ4n) is 3.75. The second-order valence-corrected chi connectivity index (χ2v) is 8.62. The Bertz CT molecular complexity index is 1220. The molecule has 0 saturated heterocycles. The molecule has 0 aromatic heterocycles. The zero-order chi connectivity index (χ0) is 27.4. The summed E-state index contributed by atoms with van der Waals surface area (Å²) >= 11 is 0. The minimum Gasteiger partial charge on any atom is -0.206 e. The fraction of sp³-hybridized carbons (Fsp3) is 0.400. The van der Waals surface area contributed by atoms with Crippen LogP contribution in [0.15, 0.2) is 0 Å². The SMILES string of the molecule is CC(C)(C)c1c(F)c2c(F)c(F)c1C(F)(F)C(F)(F)c1c(F)c(F)c(c(F)c1F)C(F)(F)C2(F)F. The lowest BCUT2D eigenvalue weighted by Gasteiger charge is -2.36. The largest absolute Gasteiger partial charge is 0.345 e. The highest BCUT2D eigenvalue weighted by Crippen LogP contribution is 2.60. The Balaban J connectivity index is 2.83. The van der Waals surface area contributed by atoms with Crippen LogP contribution in [0.25, 0.3) is 0 Å². The molecule has 6 rings (SSSR count). The first-order valence-electron chi connectivity index (χ1n) is 9.08. The molecule has 2 aromatic carbocycles. The molecule has 194 valence electrons. The Morgan fingerprint density at radius 1 is 0.371 bits per heavy atom. The van der Waals surface area contributed by atoms with Gasteiger partial charge in [0.1, 0.15) is 22.5 Å². The summed E-state index contributed by atoms with van der Waals surface area (Å²) < 4.78 is 220. The van der Waals surface area contributed by atoms with E-state index in [-0.39, 0.29) is 0 Å². The summed E-state index contributed by atoms with van der Waals surface area (Å²) in [5.74, 6) is -51.0. The summed E-state index contributed by atoms with van der Waals surface area (Å²) in [4.78, 5) is 0. The lowest BCUT2D eigenvalue weighted by atomic mass is 9.76. The second-order valence-electron chi connectivity index (χ2n) is 8.62.